The number of piperidine rings is 1. The minimum atomic E-state index is -2.76. The van der Waals surface area contributed by atoms with Crippen LogP contribution in [-0.2, 0) is 0 Å². The molecule has 0 unspecified atom stereocenters. The van der Waals surface area contributed by atoms with Crippen molar-refractivity contribution in [2.24, 2.45) is 5.73 Å². The molecule has 1 aliphatic rings. The maximum Gasteiger partial charge on any atom is 0.263 e. The lowest BCUT2D eigenvalue weighted by atomic mass is 9.83. The molecule has 4 heteroatoms. The van der Waals surface area contributed by atoms with Gasteiger partial charge in [0.1, 0.15) is 0 Å². The Morgan fingerprint density at radius 2 is 1.75 bits per heavy atom. The Bertz CT molecular complexity index is 157. The first kappa shape index (κ1) is 9.86. The van der Waals surface area contributed by atoms with Crippen molar-refractivity contribution in [2.45, 2.75) is 31.2 Å². The van der Waals surface area contributed by atoms with Crippen molar-refractivity contribution in [1.29, 1.82) is 0 Å². The van der Waals surface area contributed by atoms with Gasteiger partial charge in [-0.15, -0.1) is 0 Å². The summed E-state index contributed by atoms with van der Waals surface area (Å²) in [4.78, 5) is 2.02. The summed E-state index contributed by atoms with van der Waals surface area (Å²) in [6, 6.07) is 0. The van der Waals surface area contributed by atoms with E-state index in [0.29, 0.717) is 25.9 Å². The number of likely N-dealkylation sites (tertiary alicyclic amines) is 1. The van der Waals surface area contributed by atoms with Crippen LogP contribution in [0.1, 0.15) is 19.8 Å². The van der Waals surface area contributed by atoms with Crippen molar-refractivity contribution in [2.75, 3.05) is 20.1 Å². The summed E-state index contributed by atoms with van der Waals surface area (Å²) in [5, 5.41) is 0. The Kier molecular flexibility index (Phi) is 2.40. The third-order valence-electron chi connectivity index (χ3n) is 2.75. The van der Waals surface area contributed by atoms with Crippen LogP contribution in [0.3, 0.4) is 0 Å². The van der Waals surface area contributed by atoms with Crippen LogP contribution < -0.4 is 5.73 Å². The Balaban J connectivity index is 2.62. The number of hydrogen-bond acceptors (Lipinski definition) is 2. The number of nitrogens with zero attached hydrogens (tertiary/aromatic N) is 1. The van der Waals surface area contributed by atoms with Crippen LogP contribution in [0, 0.1) is 0 Å². The second-order valence-electron chi connectivity index (χ2n) is 3.85. The van der Waals surface area contributed by atoms with Crippen LogP contribution in [0.5, 0.6) is 0 Å². The largest absolute Gasteiger partial charge is 0.320 e. The molecule has 1 saturated heterocycles. The summed E-state index contributed by atoms with van der Waals surface area (Å²) in [6.45, 7) is 2.25. The molecule has 0 amide bonds. The molecule has 72 valence electrons. The minimum Gasteiger partial charge on any atom is -0.320 e. The van der Waals surface area contributed by atoms with E-state index in [9.17, 15) is 8.78 Å². The molecule has 0 aromatic carbocycles. The summed E-state index contributed by atoms with van der Waals surface area (Å²) in [5.74, 6) is -2.76. The standard InChI is InChI=1S/C8H16F2N2/c1-7(9,10)8(11)3-5-12(2)6-4-8/h3-6,11H2,1-2H3. The average Bonchev–Trinajstić information content (AvgIpc) is 1.93. The lowest BCUT2D eigenvalue weighted by Gasteiger charge is -2.41. The molecular weight excluding hydrogens is 162 g/mol. The molecule has 0 aromatic heterocycles. The second-order valence-corrected chi connectivity index (χ2v) is 3.85. The molecule has 1 rings (SSSR count). The summed E-state index contributed by atoms with van der Waals surface area (Å²) in [5.41, 5.74) is 4.34. The Labute approximate surface area is 71.7 Å². The van der Waals surface area contributed by atoms with Gasteiger partial charge in [0.05, 0.1) is 5.54 Å². The van der Waals surface area contributed by atoms with Gasteiger partial charge in [-0.25, -0.2) is 8.78 Å². The summed E-state index contributed by atoms with van der Waals surface area (Å²) >= 11 is 0. The van der Waals surface area contributed by atoms with Gasteiger partial charge in [0.15, 0.2) is 0 Å². The van der Waals surface area contributed by atoms with Gasteiger partial charge in [0.2, 0.25) is 0 Å². The maximum absolute atomic E-state index is 13.0. The van der Waals surface area contributed by atoms with Gasteiger partial charge >= 0.3 is 0 Å². The fourth-order valence-electron chi connectivity index (χ4n) is 1.46. The first-order valence-electron chi connectivity index (χ1n) is 4.20. The van der Waals surface area contributed by atoms with E-state index in [1.165, 1.54) is 0 Å². The van der Waals surface area contributed by atoms with Gasteiger partial charge in [-0.3, -0.25) is 0 Å². The predicted octanol–water partition coefficient (Wildman–Crippen LogP) is 1.06. The highest BCUT2D eigenvalue weighted by Gasteiger charge is 2.47. The van der Waals surface area contributed by atoms with Gasteiger partial charge in [-0.2, -0.15) is 0 Å². The van der Waals surface area contributed by atoms with Crippen molar-refractivity contribution in [3.63, 3.8) is 0 Å². The second kappa shape index (κ2) is 2.92. The first-order valence-corrected chi connectivity index (χ1v) is 4.20. The highest BCUT2D eigenvalue weighted by atomic mass is 19.3. The van der Waals surface area contributed by atoms with Crippen molar-refractivity contribution in [3.8, 4) is 0 Å². The number of alkyl halides is 2. The van der Waals surface area contributed by atoms with Gasteiger partial charge in [-0.1, -0.05) is 0 Å². The number of halogens is 2. The highest BCUT2D eigenvalue weighted by Crippen LogP contribution is 2.34. The van der Waals surface area contributed by atoms with Crippen molar-refractivity contribution in [3.05, 3.63) is 0 Å². The lowest BCUT2D eigenvalue weighted by Crippen LogP contribution is -2.59. The van der Waals surface area contributed by atoms with Crippen LogP contribution in [0.25, 0.3) is 0 Å². The Morgan fingerprint density at radius 1 is 1.33 bits per heavy atom. The van der Waals surface area contributed by atoms with E-state index in [1.54, 1.807) is 0 Å². The topological polar surface area (TPSA) is 29.3 Å². The van der Waals surface area contributed by atoms with E-state index in [1.807, 2.05) is 11.9 Å². The van der Waals surface area contributed by atoms with Gasteiger partial charge in [0, 0.05) is 6.92 Å². The van der Waals surface area contributed by atoms with Crippen molar-refractivity contribution in [1.82, 2.24) is 4.90 Å². The minimum absolute atomic E-state index is 0.382. The molecule has 2 N–H and O–H groups in total. The molecule has 0 atom stereocenters. The van der Waals surface area contributed by atoms with E-state index in [-0.39, 0.29) is 0 Å². The molecule has 0 bridgehead atoms. The Morgan fingerprint density at radius 3 is 2.08 bits per heavy atom. The highest BCUT2D eigenvalue weighted by molar-refractivity contribution is 4.98. The normalized spacial score (nSPS) is 25.8. The van der Waals surface area contributed by atoms with E-state index in [0.717, 1.165) is 6.92 Å². The number of nitrogens with two attached hydrogens (primary N) is 1. The van der Waals surface area contributed by atoms with Crippen molar-refractivity contribution < 1.29 is 8.78 Å². The fourth-order valence-corrected chi connectivity index (χ4v) is 1.46. The monoisotopic (exact) mass is 178 g/mol. The van der Waals surface area contributed by atoms with E-state index in [2.05, 4.69) is 0 Å². The van der Waals surface area contributed by atoms with Crippen LogP contribution in [0.2, 0.25) is 0 Å². The van der Waals surface area contributed by atoms with Crippen LogP contribution in [0.4, 0.5) is 8.78 Å². The molecule has 0 aliphatic carbocycles. The van der Waals surface area contributed by atoms with E-state index in [4.69, 9.17) is 5.73 Å². The maximum atomic E-state index is 13.0. The Hall–Kier alpha value is -0.220. The van der Waals surface area contributed by atoms with Gasteiger partial charge < -0.3 is 10.6 Å². The molecular formula is C8H16F2N2. The quantitative estimate of drug-likeness (QED) is 0.650. The zero-order valence-electron chi connectivity index (χ0n) is 7.61. The summed E-state index contributed by atoms with van der Waals surface area (Å²) in [6.07, 6.45) is 0.764. The van der Waals surface area contributed by atoms with Gasteiger partial charge in [0.25, 0.3) is 5.92 Å². The smallest absolute Gasteiger partial charge is 0.263 e. The molecule has 0 radical (unpaired) electrons. The van der Waals surface area contributed by atoms with Crippen LogP contribution >= 0.6 is 0 Å². The third-order valence-corrected chi connectivity index (χ3v) is 2.75. The molecule has 12 heavy (non-hydrogen) atoms. The van der Waals surface area contributed by atoms with Crippen molar-refractivity contribution >= 4 is 0 Å². The third kappa shape index (κ3) is 1.75. The average molecular weight is 178 g/mol. The predicted molar refractivity (Wildman–Crippen MR) is 44.3 cm³/mol. The van der Waals surface area contributed by atoms with Gasteiger partial charge in [-0.05, 0) is 33.0 Å². The molecule has 1 aliphatic heterocycles. The summed E-state index contributed by atoms with van der Waals surface area (Å²) < 4.78 is 26.0. The zero-order valence-corrected chi connectivity index (χ0v) is 7.61. The molecule has 0 spiro atoms. The zero-order chi connectivity index (χ0) is 9.41. The first-order chi connectivity index (χ1) is 5.35. The van der Waals surface area contributed by atoms with Crippen LogP contribution in [0.15, 0.2) is 0 Å². The molecule has 1 heterocycles. The van der Waals surface area contributed by atoms with Crippen LogP contribution in [-0.4, -0.2) is 36.5 Å². The number of rotatable bonds is 1. The molecule has 0 aromatic rings. The lowest BCUT2D eigenvalue weighted by molar-refractivity contribution is -0.0782. The fraction of sp³-hybridized carbons (Fsp3) is 1.00. The molecule has 0 saturated carbocycles. The van der Waals surface area contributed by atoms with E-state index >= 15 is 0 Å². The molecule has 2 nitrogen and oxygen atoms in total. The SMILES string of the molecule is CN1CCC(N)(C(C)(F)F)CC1. The van der Waals surface area contributed by atoms with E-state index < -0.39 is 11.5 Å². The molecule has 1 fully saturated rings. The summed E-state index contributed by atoms with van der Waals surface area (Å²) in [7, 11) is 1.92. The number of hydrogen-bond donors (Lipinski definition) is 1.